The van der Waals surface area contributed by atoms with Crippen LogP contribution < -0.4 is 0 Å². The lowest BCUT2D eigenvalue weighted by molar-refractivity contribution is -0.384. The summed E-state index contributed by atoms with van der Waals surface area (Å²) in [6, 6.07) is 5.79. The number of oxime groups is 1. The molecule has 1 aromatic carbocycles. The fourth-order valence-electron chi connectivity index (χ4n) is 2.50. The summed E-state index contributed by atoms with van der Waals surface area (Å²) in [5.74, 6) is -0.984. The van der Waals surface area contributed by atoms with E-state index in [1.54, 1.807) is 0 Å². The maximum Gasteiger partial charge on any atom is 0.327 e. The maximum absolute atomic E-state index is 12.1. The van der Waals surface area contributed by atoms with Gasteiger partial charge in [0.1, 0.15) is 0 Å². The van der Waals surface area contributed by atoms with Crippen LogP contribution >= 0.6 is 0 Å². The number of nitrogens with zero attached hydrogens (tertiary/aromatic N) is 3. The summed E-state index contributed by atoms with van der Waals surface area (Å²) >= 11 is 0. The summed E-state index contributed by atoms with van der Waals surface area (Å²) < 4.78 is 5.56. The summed E-state index contributed by atoms with van der Waals surface area (Å²) in [7, 11) is 0. The van der Waals surface area contributed by atoms with Gasteiger partial charge in [-0.05, 0) is 19.1 Å². The Balaban J connectivity index is 1.92. The highest BCUT2D eigenvalue weighted by Gasteiger charge is 2.55. The van der Waals surface area contributed by atoms with Crippen LogP contribution in [0, 0.1) is 10.1 Å². The van der Waals surface area contributed by atoms with Gasteiger partial charge in [-0.15, -0.1) is 0 Å². The number of nitro groups is 1. The number of rotatable bonds is 4. The third-order valence-electron chi connectivity index (χ3n) is 3.44. The number of carbonyl (C=O) groups excluding carboxylic acids is 1. The SMILES string of the molecule is CCOC12CCC(=O)N1C(c1ccc([N+](=O)[O-])cc1)=NO2. The molecule has 8 heteroatoms. The van der Waals surface area contributed by atoms with Crippen LogP contribution in [-0.4, -0.2) is 34.1 Å². The lowest BCUT2D eigenvalue weighted by Crippen LogP contribution is -2.48. The summed E-state index contributed by atoms with van der Waals surface area (Å²) in [6.07, 6.45) is 0.714. The van der Waals surface area contributed by atoms with Crippen LogP contribution in [0.4, 0.5) is 5.69 Å². The Kier molecular flexibility index (Phi) is 3.09. The van der Waals surface area contributed by atoms with E-state index in [9.17, 15) is 14.9 Å². The van der Waals surface area contributed by atoms with Crippen LogP contribution in [-0.2, 0) is 14.4 Å². The van der Waals surface area contributed by atoms with Crippen molar-refractivity contribution in [3.8, 4) is 0 Å². The fraction of sp³-hybridized carbons (Fsp3) is 0.385. The second kappa shape index (κ2) is 4.81. The van der Waals surface area contributed by atoms with Crippen LogP contribution in [0.2, 0.25) is 0 Å². The number of non-ortho nitro benzene ring substituents is 1. The van der Waals surface area contributed by atoms with Crippen LogP contribution in [0.5, 0.6) is 0 Å². The number of amides is 1. The highest BCUT2D eigenvalue weighted by molar-refractivity contribution is 6.09. The highest BCUT2D eigenvalue weighted by atomic mass is 16.8. The van der Waals surface area contributed by atoms with Crippen molar-refractivity contribution in [3.63, 3.8) is 0 Å². The second-order valence-corrected chi connectivity index (χ2v) is 4.69. The zero-order chi connectivity index (χ0) is 15.0. The maximum atomic E-state index is 12.1. The smallest absolute Gasteiger partial charge is 0.327 e. The predicted molar refractivity (Wildman–Crippen MR) is 71.2 cm³/mol. The van der Waals surface area contributed by atoms with Crippen molar-refractivity contribution in [1.82, 2.24) is 4.90 Å². The molecule has 0 radical (unpaired) electrons. The molecule has 0 aliphatic carbocycles. The van der Waals surface area contributed by atoms with Gasteiger partial charge in [0.05, 0.1) is 11.5 Å². The Morgan fingerprint density at radius 1 is 1.48 bits per heavy atom. The summed E-state index contributed by atoms with van der Waals surface area (Å²) in [6.45, 7) is 2.19. The topological polar surface area (TPSA) is 94.3 Å². The van der Waals surface area contributed by atoms with Crippen LogP contribution in [0.15, 0.2) is 29.4 Å². The fourth-order valence-corrected chi connectivity index (χ4v) is 2.50. The number of nitro benzene ring substituents is 1. The van der Waals surface area contributed by atoms with Crippen molar-refractivity contribution in [2.45, 2.75) is 25.7 Å². The Bertz CT molecular complexity index is 627. The molecule has 1 saturated heterocycles. The number of hydrogen-bond donors (Lipinski definition) is 0. The average Bonchev–Trinajstić information content (AvgIpc) is 2.98. The number of amidine groups is 1. The van der Waals surface area contributed by atoms with Crippen LogP contribution in [0.1, 0.15) is 25.3 Å². The molecule has 0 spiro atoms. The third kappa shape index (κ3) is 2.04. The van der Waals surface area contributed by atoms with Gasteiger partial charge in [0, 0.05) is 30.5 Å². The highest BCUT2D eigenvalue weighted by Crippen LogP contribution is 2.38. The first-order valence-corrected chi connectivity index (χ1v) is 6.55. The standard InChI is InChI=1S/C13H13N3O5/c1-2-20-13-8-7-11(17)15(13)12(14-21-13)9-3-5-10(6-4-9)16(18)19/h3-6H,2,7-8H2,1H3. The molecule has 1 amide bonds. The predicted octanol–water partition coefficient (Wildman–Crippen LogP) is 1.60. The molecule has 0 bridgehead atoms. The molecule has 1 atom stereocenters. The van der Waals surface area contributed by atoms with Gasteiger partial charge >= 0.3 is 5.91 Å². The van der Waals surface area contributed by atoms with Gasteiger partial charge in [0.25, 0.3) is 5.69 Å². The van der Waals surface area contributed by atoms with Gasteiger partial charge in [-0.25, -0.2) is 4.90 Å². The van der Waals surface area contributed by atoms with E-state index in [1.807, 2.05) is 6.92 Å². The number of ether oxygens (including phenoxy) is 1. The number of benzene rings is 1. The van der Waals surface area contributed by atoms with Gasteiger partial charge in [-0.2, -0.15) is 0 Å². The Morgan fingerprint density at radius 2 is 2.19 bits per heavy atom. The minimum atomic E-state index is -1.16. The van der Waals surface area contributed by atoms with Crippen molar-refractivity contribution in [3.05, 3.63) is 39.9 Å². The third-order valence-corrected chi connectivity index (χ3v) is 3.44. The lowest BCUT2D eigenvalue weighted by Gasteiger charge is -2.28. The molecule has 1 unspecified atom stereocenters. The molecule has 8 nitrogen and oxygen atoms in total. The molecule has 1 aromatic rings. The van der Waals surface area contributed by atoms with Crippen LogP contribution in [0.25, 0.3) is 0 Å². The van der Waals surface area contributed by atoms with E-state index in [0.29, 0.717) is 30.8 Å². The molecule has 0 saturated carbocycles. The molecule has 110 valence electrons. The van der Waals surface area contributed by atoms with Gasteiger partial charge in [-0.1, -0.05) is 5.16 Å². The van der Waals surface area contributed by atoms with Crippen molar-refractivity contribution in [1.29, 1.82) is 0 Å². The van der Waals surface area contributed by atoms with E-state index >= 15 is 0 Å². The largest absolute Gasteiger partial charge is 0.336 e. The number of carbonyl (C=O) groups is 1. The Labute approximate surface area is 120 Å². The van der Waals surface area contributed by atoms with E-state index in [2.05, 4.69) is 5.16 Å². The second-order valence-electron chi connectivity index (χ2n) is 4.69. The summed E-state index contributed by atoms with van der Waals surface area (Å²) in [5.41, 5.74) is 0.541. The number of hydrogen-bond acceptors (Lipinski definition) is 6. The van der Waals surface area contributed by atoms with Gasteiger partial charge in [0.2, 0.25) is 5.91 Å². The quantitative estimate of drug-likeness (QED) is 0.620. The van der Waals surface area contributed by atoms with E-state index in [-0.39, 0.29) is 11.6 Å². The molecule has 3 rings (SSSR count). The van der Waals surface area contributed by atoms with Crippen molar-refractivity contribution < 1.29 is 19.3 Å². The molecule has 0 aromatic heterocycles. The Morgan fingerprint density at radius 3 is 2.81 bits per heavy atom. The zero-order valence-corrected chi connectivity index (χ0v) is 11.3. The van der Waals surface area contributed by atoms with Gasteiger partial charge in [0.15, 0.2) is 5.84 Å². The van der Waals surface area contributed by atoms with E-state index in [4.69, 9.17) is 9.57 Å². The molecule has 2 aliphatic heterocycles. The minimum absolute atomic E-state index is 0.0258. The van der Waals surface area contributed by atoms with Gasteiger partial charge < -0.3 is 9.57 Å². The van der Waals surface area contributed by atoms with Crippen LogP contribution in [0.3, 0.4) is 0 Å². The molecule has 1 fully saturated rings. The first-order valence-electron chi connectivity index (χ1n) is 6.55. The minimum Gasteiger partial charge on any atom is -0.336 e. The van der Waals surface area contributed by atoms with Gasteiger partial charge in [-0.3, -0.25) is 14.9 Å². The van der Waals surface area contributed by atoms with E-state index in [0.717, 1.165) is 0 Å². The van der Waals surface area contributed by atoms with Crippen molar-refractivity contribution in [2.75, 3.05) is 6.61 Å². The lowest BCUT2D eigenvalue weighted by atomic mass is 10.1. The molecular weight excluding hydrogens is 278 g/mol. The first kappa shape index (κ1) is 13.5. The molecule has 2 heterocycles. The zero-order valence-electron chi connectivity index (χ0n) is 11.3. The van der Waals surface area contributed by atoms with Crippen molar-refractivity contribution in [2.24, 2.45) is 5.16 Å². The number of fused-ring (bicyclic) bond motifs is 1. The molecule has 0 N–H and O–H groups in total. The first-order chi connectivity index (χ1) is 10.1. The summed E-state index contributed by atoms with van der Waals surface area (Å²) in [5, 5.41) is 14.6. The average molecular weight is 291 g/mol. The molecule has 21 heavy (non-hydrogen) atoms. The Hall–Kier alpha value is -2.48. The summed E-state index contributed by atoms with van der Waals surface area (Å²) in [4.78, 5) is 29.0. The van der Waals surface area contributed by atoms with Crippen molar-refractivity contribution >= 4 is 17.4 Å². The monoisotopic (exact) mass is 291 g/mol. The normalized spacial score (nSPS) is 23.8. The van der Waals surface area contributed by atoms with E-state index < -0.39 is 10.8 Å². The molecule has 2 aliphatic rings. The van der Waals surface area contributed by atoms with E-state index in [1.165, 1.54) is 29.2 Å². The molecular formula is C13H13N3O5.